The molecule has 1 heterocycles. The monoisotopic (exact) mass is 235 g/mol. The molecule has 0 bridgehead atoms. The zero-order valence-corrected chi connectivity index (χ0v) is 9.94. The van der Waals surface area contributed by atoms with Crippen molar-refractivity contribution < 1.29 is 14.3 Å². The maximum absolute atomic E-state index is 11.4. The van der Waals surface area contributed by atoms with Crippen molar-refractivity contribution in [3.05, 3.63) is 29.8 Å². The van der Waals surface area contributed by atoms with Crippen LogP contribution in [0.2, 0.25) is 0 Å². The molecule has 0 aliphatic carbocycles. The second-order valence-corrected chi connectivity index (χ2v) is 3.98. The Labute approximate surface area is 101 Å². The van der Waals surface area contributed by atoms with Crippen molar-refractivity contribution in [2.45, 2.75) is 26.1 Å². The zero-order valence-electron chi connectivity index (χ0n) is 9.94. The Balaban J connectivity index is 1.93. The molecule has 4 nitrogen and oxygen atoms in total. The number of para-hydroxylation sites is 1. The maximum atomic E-state index is 11.4. The number of carbonyl (C=O) groups is 1. The van der Waals surface area contributed by atoms with Crippen molar-refractivity contribution in [2.75, 3.05) is 18.5 Å². The molecule has 92 valence electrons. The van der Waals surface area contributed by atoms with Crippen molar-refractivity contribution in [3.8, 4) is 0 Å². The van der Waals surface area contributed by atoms with Crippen molar-refractivity contribution in [3.63, 3.8) is 0 Å². The van der Waals surface area contributed by atoms with Crippen LogP contribution in [0.4, 0.5) is 5.69 Å². The van der Waals surface area contributed by atoms with E-state index < -0.39 is 0 Å². The smallest absolute Gasteiger partial charge is 0.308 e. The summed E-state index contributed by atoms with van der Waals surface area (Å²) in [7, 11) is 0. The van der Waals surface area contributed by atoms with Crippen LogP contribution < -0.4 is 5.32 Å². The number of fused-ring (bicyclic) bond motifs is 1. The predicted molar refractivity (Wildman–Crippen MR) is 64.8 cm³/mol. The van der Waals surface area contributed by atoms with Crippen LogP contribution in [0.15, 0.2) is 24.3 Å². The average Bonchev–Trinajstić information content (AvgIpc) is 2.53. The number of hydrogen-bond acceptors (Lipinski definition) is 4. The number of anilines is 1. The lowest BCUT2D eigenvalue weighted by Crippen LogP contribution is -2.25. The van der Waals surface area contributed by atoms with E-state index in [1.54, 1.807) is 6.92 Å². The van der Waals surface area contributed by atoms with Crippen LogP contribution in [0.3, 0.4) is 0 Å². The fourth-order valence-electron chi connectivity index (χ4n) is 1.85. The summed E-state index contributed by atoms with van der Waals surface area (Å²) in [4.78, 5) is 11.4. The van der Waals surface area contributed by atoms with E-state index in [9.17, 15) is 4.79 Å². The lowest BCUT2D eigenvalue weighted by molar-refractivity contribution is -0.146. The minimum absolute atomic E-state index is 0.124. The highest BCUT2D eigenvalue weighted by Gasteiger charge is 2.19. The molecular weight excluding hydrogens is 218 g/mol. The van der Waals surface area contributed by atoms with Gasteiger partial charge in [-0.05, 0) is 13.0 Å². The average molecular weight is 235 g/mol. The van der Waals surface area contributed by atoms with Gasteiger partial charge in [0.1, 0.15) is 0 Å². The van der Waals surface area contributed by atoms with Gasteiger partial charge in [0.2, 0.25) is 0 Å². The van der Waals surface area contributed by atoms with Gasteiger partial charge in [-0.2, -0.15) is 0 Å². The fraction of sp³-hybridized carbons (Fsp3) is 0.462. The molecule has 0 radical (unpaired) electrons. The van der Waals surface area contributed by atoms with E-state index in [-0.39, 0.29) is 12.1 Å². The maximum Gasteiger partial charge on any atom is 0.308 e. The molecule has 1 aliphatic heterocycles. The van der Waals surface area contributed by atoms with E-state index in [2.05, 4.69) is 5.32 Å². The minimum Gasteiger partial charge on any atom is -0.466 e. The molecule has 4 heteroatoms. The van der Waals surface area contributed by atoms with Crippen molar-refractivity contribution >= 4 is 11.7 Å². The Morgan fingerprint density at radius 2 is 2.35 bits per heavy atom. The molecule has 17 heavy (non-hydrogen) atoms. The SMILES string of the molecule is CCOC(=O)CC1CNc2ccccc2CO1. The van der Waals surface area contributed by atoms with Crippen LogP contribution in [-0.4, -0.2) is 25.2 Å². The summed E-state index contributed by atoms with van der Waals surface area (Å²) >= 11 is 0. The van der Waals surface area contributed by atoms with Crippen LogP contribution >= 0.6 is 0 Å². The van der Waals surface area contributed by atoms with Gasteiger partial charge >= 0.3 is 5.97 Å². The van der Waals surface area contributed by atoms with Gasteiger partial charge in [-0.15, -0.1) is 0 Å². The van der Waals surface area contributed by atoms with Gasteiger partial charge in [0.15, 0.2) is 0 Å². The largest absolute Gasteiger partial charge is 0.466 e. The Kier molecular flexibility index (Phi) is 3.98. The third-order valence-corrected chi connectivity index (χ3v) is 2.71. The number of esters is 1. The standard InChI is InChI=1S/C13H17NO3/c1-2-16-13(15)7-11-8-14-12-6-4-3-5-10(12)9-17-11/h3-6,11,14H,2,7-9H2,1H3. The summed E-state index contributed by atoms with van der Waals surface area (Å²) in [6.07, 6.45) is 0.177. The highest BCUT2D eigenvalue weighted by molar-refractivity contribution is 5.70. The molecule has 1 aliphatic rings. The highest BCUT2D eigenvalue weighted by Crippen LogP contribution is 2.20. The predicted octanol–water partition coefficient (Wildman–Crippen LogP) is 1.95. The Morgan fingerprint density at radius 3 is 3.18 bits per heavy atom. The fourth-order valence-corrected chi connectivity index (χ4v) is 1.85. The van der Waals surface area contributed by atoms with Crippen molar-refractivity contribution in [2.24, 2.45) is 0 Å². The molecule has 0 fully saturated rings. The Bertz CT molecular complexity index is 365. The van der Waals surface area contributed by atoms with Crippen molar-refractivity contribution in [1.82, 2.24) is 0 Å². The number of benzene rings is 1. The number of carbonyl (C=O) groups excluding carboxylic acids is 1. The van der Waals surface area contributed by atoms with E-state index in [1.807, 2.05) is 24.3 Å². The van der Waals surface area contributed by atoms with Gasteiger partial charge in [0.25, 0.3) is 0 Å². The van der Waals surface area contributed by atoms with Crippen LogP contribution in [0.1, 0.15) is 18.9 Å². The second kappa shape index (κ2) is 5.68. The van der Waals surface area contributed by atoms with E-state index in [0.29, 0.717) is 26.2 Å². The molecule has 1 aromatic carbocycles. The molecule has 1 aromatic rings. The van der Waals surface area contributed by atoms with Crippen LogP contribution in [0.5, 0.6) is 0 Å². The second-order valence-electron chi connectivity index (χ2n) is 3.98. The van der Waals surface area contributed by atoms with Gasteiger partial charge in [0.05, 0.1) is 25.7 Å². The van der Waals surface area contributed by atoms with E-state index in [1.165, 1.54) is 0 Å². The van der Waals surface area contributed by atoms with Crippen LogP contribution in [0, 0.1) is 0 Å². The molecule has 0 aromatic heterocycles. The van der Waals surface area contributed by atoms with E-state index in [4.69, 9.17) is 9.47 Å². The summed E-state index contributed by atoms with van der Waals surface area (Å²) in [5.74, 6) is -0.203. The number of nitrogens with one attached hydrogen (secondary N) is 1. The lowest BCUT2D eigenvalue weighted by atomic mass is 10.2. The first-order valence-corrected chi connectivity index (χ1v) is 5.88. The first-order chi connectivity index (χ1) is 8.29. The molecule has 1 unspecified atom stereocenters. The summed E-state index contributed by atoms with van der Waals surface area (Å²) in [5.41, 5.74) is 2.21. The van der Waals surface area contributed by atoms with Gasteiger partial charge in [-0.25, -0.2) is 0 Å². The molecule has 0 amide bonds. The zero-order chi connectivity index (χ0) is 12.1. The molecule has 2 rings (SSSR count). The molecule has 1 N–H and O–H groups in total. The first kappa shape index (κ1) is 11.9. The van der Waals surface area contributed by atoms with Crippen LogP contribution in [0.25, 0.3) is 0 Å². The van der Waals surface area contributed by atoms with E-state index in [0.717, 1.165) is 11.3 Å². The van der Waals surface area contributed by atoms with Gasteiger partial charge in [0, 0.05) is 17.8 Å². The molecule has 0 spiro atoms. The number of hydrogen-bond donors (Lipinski definition) is 1. The summed E-state index contributed by atoms with van der Waals surface area (Å²) in [6.45, 7) is 3.39. The lowest BCUT2D eigenvalue weighted by Gasteiger charge is -2.13. The normalized spacial score (nSPS) is 18.8. The summed E-state index contributed by atoms with van der Waals surface area (Å²) in [5, 5.41) is 3.29. The topological polar surface area (TPSA) is 47.6 Å². The summed E-state index contributed by atoms with van der Waals surface area (Å²) in [6, 6.07) is 8.01. The third-order valence-electron chi connectivity index (χ3n) is 2.71. The molecule has 0 saturated heterocycles. The molecule has 0 saturated carbocycles. The quantitative estimate of drug-likeness (QED) is 0.813. The van der Waals surface area contributed by atoms with Crippen molar-refractivity contribution in [1.29, 1.82) is 0 Å². The Morgan fingerprint density at radius 1 is 1.53 bits per heavy atom. The van der Waals surface area contributed by atoms with Crippen LogP contribution in [-0.2, 0) is 20.9 Å². The minimum atomic E-state index is -0.203. The number of rotatable bonds is 3. The molecular formula is C13H17NO3. The van der Waals surface area contributed by atoms with Gasteiger partial charge in [-0.3, -0.25) is 4.79 Å². The number of ether oxygens (including phenoxy) is 2. The highest BCUT2D eigenvalue weighted by atomic mass is 16.5. The first-order valence-electron chi connectivity index (χ1n) is 5.88. The summed E-state index contributed by atoms with van der Waals surface area (Å²) < 4.78 is 10.6. The molecule has 1 atom stereocenters. The third kappa shape index (κ3) is 3.20. The van der Waals surface area contributed by atoms with Gasteiger partial charge < -0.3 is 14.8 Å². The van der Waals surface area contributed by atoms with Gasteiger partial charge in [-0.1, -0.05) is 18.2 Å². The Hall–Kier alpha value is -1.55. The van der Waals surface area contributed by atoms with E-state index >= 15 is 0 Å².